The van der Waals surface area contributed by atoms with Gasteiger partial charge in [-0.3, -0.25) is 4.72 Å². The Balaban J connectivity index is 1.71. The number of hydrogen-bond acceptors (Lipinski definition) is 6. The van der Waals surface area contributed by atoms with Gasteiger partial charge >= 0.3 is 0 Å². The van der Waals surface area contributed by atoms with E-state index >= 15 is 0 Å². The summed E-state index contributed by atoms with van der Waals surface area (Å²) < 4.78 is 54.2. The largest absolute Gasteiger partial charge is 0.357 e. The summed E-state index contributed by atoms with van der Waals surface area (Å²) in [5.41, 5.74) is 1.54. The van der Waals surface area contributed by atoms with E-state index in [4.69, 9.17) is 0 Å². The van der Waals surface area contributed by atoms with Crippen LogP contribution in [-0.4, -0.2) is 31.5 Å². The molecule has 0 bridgehead atoms. The van der Waals surface area contributed by atoms with Crippen LogP contribution in [0, 0.1) is 18.6 Å². The molecule has 3 rings (SSSR count). The lowest BCUT2D eigenvalue weighted by Gasteiger charge is -2.20. The lowest BCUT2D eigenvalue weighted by atomic mass is 10.2. The van der Waals surface area contributed by atoms with Crippen molar-refractivity contribution in [2.75, 3.05) is 28.0 Å². The molecular weight excluding hydrogens is 436 g/mol. The zero-order chi connectivity index (χ0) is 23.3. The topological polar surface area (TPSA) is 87.2 Å². The molecule has 0 fully saturated rings. The predicted octanol–water partition coefficient (Wildman–Crippen LogP) is 4.59. The van der Waals surface area contributed by atoms with Crippen LogP contribution in [0.25, 0.3) is 0 Å². The first kappa shape index (κ1) is 23.4. The number of anilines is 4. The van der Waals surface area contributed by atoms with E-state index in [9.17, 15) is 17.2 Å². The van der Waals surface area contributed by atoms with Crippen molar-refractivity contribution < 1.29 is 17.2 Å². The quantitative estimate of drug-likeness (QED) is 0.485. The highest BCUT2D eigenvalue weighted by Gasteiger charge is 2.16. The third-order valence-electron chi connectivity index (χ3n) is 4.70. The van der Waals surface area contributed by atoms with E-state index < -0.39 is 27.4 Å². The molecule has 7 nitrogen and oxygen atoms in total. The van der Waals surface area contributed by atoms with Gasteiger partial charge in [0.05, 0.1) is 5.75 Å². The molecule has 170 valence electrons. The first-order valence-electron chi connectivity index (χ1n) is 10.1. The maximum Gasteiger partial charge on any atom is 0.237 e. The Morgan fingerprint density at radius 2 is 1.59 bits per heavy atom. The molecular formula is C22H25F2N5O2S. The Bertz CT molecular complexity index is 1180. The molecule has 2 N–H and O–H groups in total. The predicted molar refractivity (Wildman–Crippen MR) is 123 cm³/mol. The van der Waals surface area contributed by atoms with Gasteiger partial charge in [0.2, 0.25) is 16.0 Å². The van der Waals surface area contributed by atoms with Crippen LogP contribution in [0.15, 0.2) is 48.5 Å². The summed E-state index contributed by atoms with van der Waals surface area (Å²) >= 11 is 0. The van der Waals surface area contributed by atoms with Crippen LogP contribution < -0.4 is 14.9 Å². The fraction of sp³-hybridized carbons (Fsp3) is 0.273. The zero-order valence-corrected chi connectivity index (χ0v) is 18.9. The Kier molecular flexibility index (Phi) is 7.24. The standard InChI is InChI=1S/C22H25F2N5O2S/c1-4-29(5-2)21-12-15(3)25-22(27-21)26-18-7-9-19(10-8-18)28-32(30,31)14-16-13-17(23)6-11-20(16)24/h6-13,28H,4-5,14H2,1-3H3,(H,25,26,27). The highest BCUT2D eigenvalue weighted by molar-refractivity contribution is 7.91. The average molecular weight is 462 g/mol. The van der Waals surface area contributed by atoms with E-state index in [-0.39, 0.29) is 5.56 Å². The number of nitrogens with one attached hydrogen (secondary N) is 2. The summed E-state index contributed by atoms with van der Waals surface area (Å²) in [5.74, 6) is -0.907. The van der Waals surface area contributed by atoms with Gasteiger partial charge in [-0.05, 0) is 63.2 Å². The Hall–Kier alpha value is -3.27. The minimum absolute atomic E-state index is 0.239. The molecule has 0 aliphatic heterocycles. The molecule has 0 aliphatic rings. The van der Waals surface area contributed by atoms with Crippen molar-refractivity contribution in [2.24, 2.45) is 0 Å². The molecule has 3 aromatic rings. The number of aryl methyl sites for hydroxylation is 1. The van der Waals surface area contributed by atoms with Crippen LogP contribution in [0.5, 0.6) is 0 Å². The lowest BCUT2D eigenvalue weighted by molar-refractivity contribution is 0.581. The van der Waals surface area contributed by atoms with Crippen LogP contribution in [0.3, 0.4) is 0 Å². The number of halogens is 2. The summed E-state index contributed by atoms with van der Waals surface area (Å²) in [5, 5.41) is 3.11. The van der Waals surface area contributed by atoms with Crippen LogP contribution >= 0.6 is 0 Å². The molecule has 1 aromatic heterocycles. The normalized spacial score (nSPS) is 11.3. The number of sulfonamides is 1. The molecule has 0 spiro atoms. The summed E-state index contributed by atoms with van der Waals surface area (Å²) in [6, 6.07) is 11.1. The minimum Gasteiger partial charge on any atom is -0.357 e. The Morgan fingerprint density at radius 1 is 0.938 bits per heavy atom. The number of aromatic nitrogens is 2. The van der Waals surface area contributed by atoms with Crippen molar-refractivity contribution in [3.05, 3.63) is 71.4 Å². The molecule has 0 saturated carbocycles. The Morgan fingerprint density at radius 3 is 2.25 bits per heavy atom. The van der Waals surface area contributed by atoms with Gasteiger partial charge in [0.25, 0.3) is 0 Å². The smallest absolute Gasteiger partial charge is 0.237 e. The number of rotatable bonds is 9. The van der Waals surface area contributed by atoms with Crippen LogP contribution in [0.4, 0.5) is 31.9 Å². The van der Waals surface area contributed by atoms with Crippen molar-refractivity contribution in [1.82, 2.24) is 9.97 Å². The van der Waals surface area contributed by atoms with E-state index in [0.717, 1.165) is 42.8 Å². The van der Waals surface area contributed by atoms with E-state index in [1.54, 1.807) is 24.3 Å². The average Bonchev–Trinajstić information content (AvgIpc) is 2.72. The van der Waals surface area contributed by atoms with Gasteiger partial charge < -0.3 is 10.2 Å². The van der Waals surface area contributed by atoms with Gasteiger partial charge in [0.1, 0.15) is 17.5 Å². The second-order valence-electron chi connectivity index (χ2n) is 7.16. The maximum absolute atomic E-state index is 13.8. The van der Waals surface area contributed by atoms with E-state index in [1.165, 1.54) is 0 Å². The molecule has 0 aliphatic carbocycles. The molecule has 32 heavy (non-hydrogen) atoms. The van der Waals surface area contributed by atoms with Crippen LogP contribution in [0.2, 0.25) is 0 Å². The number of hydrogen-bond donors (Lipinski definition) is 2. The zero-order valence-electron chi connectivity index (χ0n) is 18.1. The first-order chi connectivity index (χ1) is 15.2. The fourth-order valence-corrected chi connectivity index (χ4v) is 4.34. The van der Waals surface area contributed by atoms with Gasteiger partial charge in [-0.15, -0.1) is 0 Å². The third-order valence-corrected chi connectivity index (χ3v) is 5.93. The second-order valence-corrected chi connectivity index (χ2v) is 8.88. The van der Waals surface area contributed by atoms with Gasteiger partial charge in [-0.25, -0.2) is 22.2 Å². The SMILES string of the molecule is CCN(CC)c1cc(C)nc(Nc2ccc(NS(=O)(=O)Cc3cc(F)ccc3F)cc2)n1. The lowest BCUT2D eigenvalue weighted by Crippen LogP contribution is -2.23. The highest BCUT2D eigenvalue weighted by atomic mass is 32.2. The fourth-order valence-electron chi connectivity index (χ4n) is 3.14. The molecule has 0 radical (unpaired) electrons. The molecule has 0 amide bonds. The summed E-state index contributed by atoms with van der Waals surface area (Å²) in [6.07, 6.45) is 0. The maximum atomic E-state index is 13.8. The van der Waals surface area contributed by atoms with Gasteiger partial charge in [-0.1, -0.05) is 0 Å². The summed E-state index contributed by atoms with van der Waals surface area (Å²) in [6.45, 7) is 7.63. The summed E-state index contributed by atoms with van der Waals surface area (Å²) in [7, 11) is -3.93. The number of nitrogens with zero attached hydrogens (tertiary/aromatic N) is 3. The number of benzene rings is 2. The minimum atomic E-state index is -3.93. The molecule has 2 aromatic carbocycles. The van der Waals surface area contributed by atoms with Crippen molar-refractivity contribution in [1.29, 1.82) is 0 Å². The molecule has 10 heteroatoms. The third kappa shape index (κ3) is 6.13. The molecule has 1 heterocycles. The monoisotopic (exact) mass is 461 g/mol. The van der Waals surface area contributed by atoms with E-state index in [1.807, 2.05) is 13.0 Å². The first-order valence-corrected chi connectivity index (χ1v) is 11.8. The van der Waals surface area contributed by atoms with Crippen molar-refractivity contribution in [3.63, 3.8) is 0 Å². The molecule has 0 saturated heterocycles. The molecule has 0 unspecified atom stereocenters. The van der Waals surface area contributed by atoms with E-state index in [0.29, 0.717) is 17.3 Å². The van der Waals surface area contributed by atoms with Gasteiger partial charge in [0, 0.05) is 41.8 Å². The van der Waals surface area contributed by atoms with Crippen molar-refractivity contribution in [3.8, 4) is 0 Å². The van der Waals surface area contributed by atoms with Crippen LogP contribution in [-0.2, 0) is 15.8 Å². The van der Waals surface area contributed by atoms with Gasteiger partial charge in [-0.2, -0.15) is 4.98 Å². The summed E-state index contributed by atoms with van der Waals surface area (Å²) in [4.78, 5) is 11.0. The second kappa shape index (κ2) is 9.90. The van der Waals surface area contributed by atoms with E-state index in [2.05, 4.69) is 38.8 Å². The highest BCUT2D eigenvalue weighted by Crippen LogP contribution is 2.21. The van der Waals surface area contributed by atoms with Crippen LogP contribution in [0.1, 0.15) is 25.1 Å². The van der Waals surface area contributed by atoms with Crippen molar-refractivity contribution in [2.45, 2.75) is 26.5 Å². The molecule has 0 atom stereocenters. The van der Waals surface area contributed by atoms with Gasteiger partial charge in [0.15, 0.2) is 0 Å². The van der Waals surface area contributed by atoms with Crippen molar-refractivity contribution >= 4 is 33.2 Å². The Labute approximate surface area is 186 Å².